The number of nitrogens with zero attached hydrogens (tertiary/aromatic N) is 1. The molecular weight excluding hydrogens is 420 g/mol. The highest BCUT2D eigenvalue weighted by Crippen LogP contribution is 2.35. The Balaban J connectivity index is 1.31. The zero-order valence-electron chi connectivity index (χ0n) is 20.1. The van der Waals surface area contributed by atoms with Crippen LogP contribution in [-0.4, -0.2) is 35.2 Å². The van der Waals surface area contributed by atoms with E-state index in [9.17, 15) is 5.11 Å². The second kappa shape index (κ2) is 10.6. The molecular formula is C30H36N2O2. The molecule has 3 aromatic carbocycles. The fourth-order valence-electron chi connectivity index (χ4n) is 5.50. The first-order chi connectivity index (χ1) is 16.7. The Morgan fingerprint density at radius 1 is 1.00 bits per heavy atom. The average Bonchev–Trinajstić information content (AvgIpc) is 2.87. The third-order valence-electron chi connectivity index (χ3n) is 7.41. The maximum atomic E-state index is 10.0. The van der Waals surface area contributed by atoms with Crippen LogP contribution in [0.25, 0.3) is 0 Å². The molecule has 2 aliphatic heterocycles. The lowest BCUT2D eigenvalue weighted by Gasteiger charge is -2.38. The number of phenols is 1. The zero-order chi connectivity index (χ0) is 23.3. The maximum Gasteiger partial charge on any atom is 0.119 e. The monoisotopic (exact) mass is 456 g/mol. The van der Waals surface area contributed by atoms with Crippen LogP contribution in [0.1, 0.15) is 54.5 Å². The molecule has 0 bridgehead atoms. The Hall–Kier alpha value is -2.82. The number of benzene rings is 3. The Labute approximate surface area is 203 Å². The SMILES string of the molecule is CC(Oc1ccc(CC2c3ccc(O)cc3CCN2Cc2ccccc2)cc1)C1CCCCN1. The molecule has 0 aromatic heterocycles. The van der Waals surface area contributed by atoms with Crippen molar-refractivity contribution in [1.82, 2.24) is 10.2 Å². The molecule has 0 saturated carbocycles. The first kappa shape index (κ1) is 22.9. The molecule has 178 valence electrons. The summed E-state index contributed by atoms with van der Waals surface area (Å²) in [6.07, 6.45) is 5.81. The third kappa shape index (κ3) is 5.45. The van der Waals surface area contributed by atoms with Crippen molar-refractivity contribution in [3.05, 3.63) is 95.1 Å². The second-order valence-electron chi connectivity index (χ2n) is 9.83. The summed E-state index contributed by atoms with van der Waals surface area (Å²) in [5.41, 5.74) is 5.24. The van der Waals surface area contributed by atoms with Gasteiger partial charge in [0, 0.05) is 25.2 Å². The molecule has 4 nitrogen and oxygen atoms in total. The largest absolute Gasteiger partial charge is 0.508 e. The summed E-state index contributed by atoms with van der Waals surface area (Å²) in [5, 5.41) is 13.6. The van der Waals surface area contributed by atoms with E-state index in [1.54, 1.807) is 0 Å². The number of aromatic hydroxyl groups is 1. The Kier molecular flexibility index (Phi) is 7.17. The van der Waals surface area contributed by atoms with Crippen LogP contribution in [0.4, 0.5) is 0 Å². The highest BCUT2D eigenvalue weighted by Gasteiger charge is 2.28. The van der Waals surface area contributed by atoms with Gasteiger partial charge in [0.2, 0.25) is 0 Å². The minimum atomic E-state index is 0.172. The van der Waals surface area contributed by atoms with E-state index in [2.05, 4.69) is 77.8 Å². The first-order valence-corrected chi connectivity index (χ1v) is 12.7. The van der Waals surface area contributed by atoms with Crippen molar-refractivity contribution in [2.24, 2.45) is 0 Å². The molecule has 0 radical (unpaired) electrons. The number of hydrogen-bond donors (Lipinski definition) is 2. The van der Waals surface area contributed by atoms with Crippen LogP contribution in [0.3, 0.4) is 0 Å². The van der Waals surface area contributed by atoms with E-state index in [0.717, 1.165) is 38.2 Å². The van der Waals surface area contributed by atoms with Gasteiger partial charge in [0.05, 0.1) is 0 Å². The molecule has 0 spiro atoms. The van der Waals surface area contributed by atoms with Crippen molar-refractivity contribution in [2.45, 2.75) is 63.8 Å². The van der Waals surface area contributed by atoms with Gasteiger partial charge in [-0.1, -0.05) is 55.0 Å². The number of phenolic OH excluding ortho intramolecular Hbond substituents is 1. The van der Waals surface area contributed by atoms with Gasteiger partial charge in [-0.3, -0.25) is 4.90 Å². The summed E-state index contributed by atoms with van der Waals surface area (Å²) in [4.78, 5) is 2.58. The van der Waals surface area contributed by atoms with E-state index < -0.39 is 0 Å². The molecule has 0 aliphatic carbocycles. The minimum absolute atomic E-state index is 0.172. The van der Waals surface area contributed by atoms with Gasteiger partial charge in [0.25, 0.3) is 0 Å². The van der Waals surface area contributed by atoms with Gasteiger partial charge in [-0.25, -0.2) is 0 Å². The number of piperidine rings is 1. The average molecular weight is 457 g/mol. The lowest BCUT2D eigenvalue weighted by Crippen LogP contribution is -2.44. The van der Waals surface area contributed by atoms with Gasteiger partial charge in [-0.2, -0.15) is 0 Å². The van der Waals surface area contributed by atoms with Gasteiger partial charge >= 0.3 is 0 Å². The summed E-state index contributed by atoms with van der Waals surface area (Å²) in [7, 11) is 0. The molecule has 4 heteroatoms. The first-order valence-electron chi connectivity index (χ1n) is 12.7. The lowest BCUT2D eigenvalue weighted by atomic mass is 9.88. The van der Waals surface area contributed by atoms with Gasteiger partial charge in [-0.05, 0) is 85.7 Å². The molecule has 1 fully saturated rings. The standard InChI is InChI=1S/C30H36N2O2/c1-22(29-9-5-6-17-31-29)34-27-13-10-23(11-14-27)19-30-28-15-12-26(33)20-25(28)16-18-32(30)21-24-7-3-2-4-8-24/h2-4,7-8,10-15,20,22,29-31,33H,5-6,9,16-19,21H2,1H3. The Bertz CT molecular complexity index is 1060. The van der Waals surface area contributed by atoms with Crippen LogP contribution in [0, 0.1) is 0 Å². The summed E-state index contributed by atoms with van der Waals surface area (Å²) in [6.45, 7) is 5.19. The molecule has 3 aromatic rings. The summed E-state index contributed by atoms with van der Waals surface area (Å²) in [6, 6.07) is 26.0. The van der Waals surface area contributed by atoms with Gasteiger partial charge < -0.3 is 15.2 Å². The van der Waals surface area contributed by atoms with Crippen LogP contribution in [0.2, 0.25) is 0 Å². The molecule has 3 atom stereocenters. The highest BCUT2D eigenvalue weighted by molar-refractivity contribution is 5.40. The van der Waals surface area contributed by atoms with E-state index >= 15 is 0 Å². The van der Waals surface area contributed by atoms with E-state index in [0.29, 0.717) is 11.8 Å². The molecule has 0 amide bonds. The highest BCUT2D eigenvalue weighted by atomic mass is 16.5. The topological polar surface area (TPSA) is 44.7 Å². The molecule has 2 heterocycles. The quantitative estimate of drug-likeness (QED) is 0.483. The van der Waals surface area contributed by atoms with Crippen LogP contribution < -0.4 is 10.1 Å². The van der Waals surface area contributed by atoms with E-state index in [-0.39, 0.29) is 12.1 Å². The summed E-state index contributed by atoms with van der Waals surface area (Å²) < 4.78 is 6.27. The lowest BCUT2D eigenvalue weighted by molar-refractivity contribution is 0.152. The molecule has 1 saturated heterocycles. The fourth-order valence-corrected chi connectivity index (χ4v) is 5.50. The predicted octanol–water partition coefficient (Wildman–Crippen LogP) is 5.64. The third-order valence-corrected chi connectivity index (χ3v) is 7.41. The minimum Gasteiger partial charge on any atom is -0.508 e. The second-order valence-corrected chi connectivity index (χ2v) is 9.83. The molecule has 5 rings (SSSR count). The number of rotatable bonds is 7. The number of ether oxygens (including phenoxy) is 1. The summed E-state index contributed by atoms with van der Waals surface area (Å²) in [5.74, 6) is 1.30. The normalized spacial score (nSPS) is 21.6. The predicted molar refractivity (Wildman–Crippen MR) is 137 cm³/mol. The van der Waals surface area contributed by atoms with Crippen molar-refractivity contribution in [3.8, 4) is 11.5 Å². The van der Waals surface area contributed by atoms with Crippen LogP contribution in [-0.2, 0) is 19.4 Å². The number of hydrogen-bond acceptors (Lipinski definition) is 4. The van der Waals surface area contributed by atoms with Crippen LogP contribution in [0.5, 0.6) is 11.5 Å². The van der Waals surface area contributed by atoms with E-state index in [4.69, 9.17) is 4.74 Å². The molecule has 2 aliphatic rings. The smallest absolute Gasteiger partial charge is 0.119 e. The van der Waals surface area contributed by atoms with Gasteiger partial charge in [0.15, 0.2) is 0 Å². The van der Waals surface area contributed by atoms with Gasteiger partial charge in [0.1, 0.15) is 17.6 Å². The zero-order valence-corrected chi connectivity index (χ0v) is 20.1. The number of fused-ring (bicyclic) bond motifs is 1. The maximum absolute atomic E-state index is 10.0. The van der Waals surface area contributed by atoms with E-state index in [1.807, 2.05) is 12.1 Å². The fraction of sp³-hybridized carbons (Fsp3) is 0.400. The van der Waals surface area contributed by atoms with Crippen molar-refractivity contribution in [2.75, 3.05) is 13.1 Å². The number of nitrogens with one attached hydrogen (secondary N) is 1. The van der Waals surface area contributed by atoms with Crippen LogP contribution in [0.15, 0.2) is 72.8 Å². The Morgan fingerprint density at radius 3 is 2.59 bits per heavy atom. The molecule has 2 N–H and O–H groups in total. The summed E-state index contributed by atoms with van der Waals surface area (Å²) >= 11 is 0. The molecule has 3 unspecified atom stereocenters. The Morgan fingerprint density at radius 2 is 1.82 bits per heavy atom. The van der Waals surface area contributed by atoms with Gasteiger partial charge in [-0.15, -0.1) is 0 Å². The van der Waals surface area contributed by atoms with Crippen LogP contribution >= 0.6 is 0 Å². The van der Waals surface area contributed by atoms with E-state index in [1.165, 1.54) is 41.5 Å². The van der Waals surface area contributed by atoms with Crippen molar-refractivity contribution in [3.63, 3.8) is 0 Å². The molecule has 34 heavy (non-hydrogen) atoms. The van der Waals surface area contributed by atoms with Crippen molar-refractivity contribution in [1.29, 1.82) is 0 Å². The van der Waals surface area contributed by atoms with Crippen molar-refractivity contribution >= 4 is 0 Å². The van der Waals surface area contributed by atoms with Crippen molar-refractivity contribution < 1.29 is 9.84 Å².